The highest BCUT2D eigenvalue weighted by atomic mass is 16.5. The van der Waals surface area contributed by atoms with E-state index in [9.17, 15) is 9.90 Å². The Labute approximate surface area is 114 Å². The first kappa shape index (κ1) is 13.9. The normalized spacial score (nSPS) is 17.1. The standard InChI is InChI=1S/C15H21NO3/c1-4-15(5-2)14(18)16(8-9-17)12-7-6-11(3)10-13(12)19-15/h6-7,10,17H,4-5,8-9H2,1-3H3. The van der Waals surface area contributed by atoms with E-state index in [1.54, 1.807) is 4.90 Å². The van der Waals surface area contributed by atoms with E-state index in [0.717, 1.165) is 17.0 Å². The van der Waals surface area contributed by atoms with Gasteiger partial charge in [0.1, 0.15) is 5.75 Å². The average Bonchev–Trinajstić information content (AvgIpc) is 2.42. The van der Waals surface area contributed by atoms with Crippen LogP contribution in [-0.2, 0) is 4.79 Å². The molecule has 1 aromatic rings. The van der Waals surface area contributed by atoms with Crippen molar-refractivity contribution in [1.82, 2.24) is 0 Å². The van der Waals surface area contributed by atoms with Crippen molar-refractivity contribution in [2.45, 2.75) is 39.2 Å². The van der Waals surface area contributed by atoms with E-state index in [2.05, 4.69) is 0 Å². The van der Waals surface area contributed by atoms with Gasteiger partial charge in [0.15, 0.2) is 5.60 Å². The molecule has 4 nitrogen and oxygen atoms in total. The van der Waals surface area contributed by atoms with Crippen LogP contribution in [-0.4, -0.2) is 29.8 Å². The van der Waals surface area contributed by atoms with Gasteiger partial charge in [0, 0.05) is 6.54 Å². The van der Waals surface area contributed by atoms with Crippen LogP contribution in [0.4, 0.5) is 5.69 Å². The number of rotatable bonds is 4. The lowest BCUT2D eigenvalue weighted by molar-refractivity contribution is -0.136. The number of ether oxygens (including phenoxy) is 1. The summed E-state index contributed by atoms with van der Waals surface area (Å²) in [4.78, 5) is 14.3. The Hall–Kier alpha value is -1.55. The molecule has 0 unspecified atom stereocenters. The number of nitrogens with zero attached hydrogens (tertiary/aromatic N) is 1. The Balaban J connectivity index is 2.52. The number of carbonyl (C=O) groups is 1. The highest BCUT2D eigenvalue weighted by Gasteiger charge is 2.45. The van der Waals surface area contributed by atoms with Gasteiger partial charge in [-0.25, -0.2) is 0 Å². The molecule has 0 aromatic heterocycles. The first-order chi connectivity index (χ1) is 9.07. The summed E-state index contributed by atoms with van der Waals surface area (Å²) in [5, 5.41) is 9.20. The molecule has 1 heterocycles. The molecule has 19 heavy (non-hydrogen) atoms. The van der Waals surface area contributed by atoms with Gasteiger partial charge in [-0.2, -0.15) is 0 Å². The summed E-state index contributed by atoms with van der Waals surface area (Å²) in [6.45, 7) is 6.16. The third-order valence-corrected chi connectivity index (χ3v) is 3.81. The second-order valence-electron chi connectivity index (χ2n) is 4.96. The van der Waals surface area contributed by atoms with Crippen molar-refractivity contribution < 1.29 is 14.6 Å². The summed E-state index contributed by atoms with van der Waals surface area (Å²) < 4.78 is 6.01. The van der Waals surface area contributed by atoms with E-state index in [-0.39, 0.29) is 12.5 Å². The molecule has 104 valence electrons. The second kappa shape index (κ2) is 5.21. The highest BCUT2D eigenvalue weighted by molar-refractivity contribution is 6.02. The van der Waals surface area contributed by atoms with Crippen LogP contribution in [0.3, 0.4) is 0 Å². The van der Waals surface area contributed by atoms with E-state index >= 15 is 0 Å². The minimum atomic E-state index is -0.796. The molecule has 0 saturated heterocycles. The lowest BCUT2D eigenvalue weighted by atomic mass is 9.92. The maximum absolute atomic E-state index is 12.6. The molecule has 1 N–H and O–H groups in total. The van der Waals surface area contributed by atoms with Gasteiger partial charge in [-0.1, -0.05) is 19.9 Å². The number of aliphatic hydroxyl groups is 1. The largest absolute Gasteiger partial charge is 0.475 e. The topological polar surface area (TPSA) is 49.8 Å². The summed E-state index contributed by atoms with van der Waals surface area (Å²) in [5.74, 6) is 0.680. The molecule has 0 saturated carbocycles. The predicted octanol–water partition coefficient (Wildman–Crippen LogP) is 2.27. The van der Waals surface area contributed by atoms with Crippen molar-refractivity contribution in [3.8, 4) is 5.75 Å². The molecule has 1 aromatic carbocycles. The molecule has 1 aliphatic heterocycles. The maximum Gasteiger partial charge on any atom is 0.271 e. The average molecular weight is 263 g/mol. The van der Waals surface area contributed by atoms with E-state index in [0.29, 0.717) is 19.4 Å². The number of benzene rings is 1. The highest BCUT2D eigenvalue weighted by Crippen LogP contribution is 2.40. The van der Waals surface area contributed by atoms with Crippen molar-refractivity contribution in [2.24, 2.45) is 0 Å². The molecule has 0 spiro atoms. The lowest BCUT2D eigenvalue weighted by Gasteiger charge is -2.41. The number of hydrogen-bond acceptors (Lipinski definition) is 3. The van der Waals surface area contributed by atoms with Crippen LogP contribution in [0, 0.1) is 6.92 Å². The number of anilines is 1. The molecular weight excluding hydrogens is 242 g/mol. The van der Waals surface area contributed by atoms with Crippen LogP contribution in [0.5, 0.6) is 5.75 Å². The number of amides is 1. The van der Waals surface area contributed by atoms with Gasteiger partial charge >= 0.3 is 0 Å². The fourth-order valence-corrected chi connectivity index (χ4v) is 2.55. The van der Waals surface area contributed by atoms with Gasteiger partial charge in [0.25, 0.3) is 5.91 Å². The van der Waals surface area contributed by atoms with Crippen molar-refractivity contribution in [1.29, 1.82) is 0 Å². The molecule has 0 atom stereocenters. The first-order valence-corrected chi connectivity index (χ1v) is 6.80. The first-order valence-electron chi connectivity index (χ1n) is 6.80. The van der Waals surface area contributed by atoms with Gasteiger partial charge < -0.3 is 14.7 Å². The van der Waals surface area contributed by atoms with E-state index in [1.807, 2.05) is 39.0 Å². The Kier molecular flexibility index (Phi) is 3.80. The maximum atomic E-state index is 12.6. The van der Waals surface area contributed by atoms with Crippen molar-refractivity contribution in [2.75, 3.05) is 18.1 Å². The molecule has 0 fully saturated rings. The monoisotopic (exact) mass is 263 g/mol. The van der Waals surface area contributed by atoms with E-state index in [4.69, 9.17) is 4.74 Å². The molecule has 1 aliphatic rings. The fraction of sp³-hybridized carbons (Fsp3) is 0.533. The van der Waals surface area contributed by atoms with Crippen LogP contribution < -0.4 is 9.64 Å². The SMILES string of the molecule is CCC1(CC)Oc2cc(C)ccc2N(CCO)C1=O. The smallest absolute Gasteiger partial charge is 0.271 e. The number of aryl methyl sites for hydroxylation is 1. The lowest BCUT2D eigenvalue weighted by Crippen LogP contribution is -2.56. The zero-order valence-electron chi connectivity index (χ0n) is 11.8. The zero-order valence-corrected chi connectivity index (χ0v) is 11.8. The number of β-amino-alcohol motifs (C(OH)–C–C–N with tert-alkyl or cyclic N) is 1. The van der Waals surface area contributed by atoms with Gasteiger partial charge in [0.2, 0.25) is 0 Å². The molecule has 2 rings (SSSR count). The van der Waals surface area contributed by atoms with Gasteiger partial charge in [0.05, 0.1) is 12.3 Å². The third kappa shape index (κ3) is 2.21. The summed E-state index contributed by atoms with van der Waals surface area (Å²) in [5.41, 5.74) is 1.05. The molecule has 0 radical (unpaired) electrons. The Morgan fingerprint density at radius 2 is 2.00 bits per heavy atom. The van der Waals surface area contributed by atoms with Gasteiger partial charge in [-0.15, -0.1) is 0 Å². The minimum absolute atomic E-state index is 0.0529. The van der Waals surface area contributed by atoms with Crippen LogP contribution in [0.25, 0.3) is 0 Å². The molecule has 0 bridgehead atoms. The zero-order chi connectivity index (χ0) is 14.0. The number of fused-ring (bicyclic) bond motifs is 1. The van der Waals surface area contributed by atoms with Gasteiger partial charge in [-0.05, 0) is 37.5 Å². The summed E-state index contributed by atoms with van der Waals surface area (Å²) in [6, 6.07) is 5.78. The van der Waals surface area contributed by atoms with Crippen LogP contribution in [0.15, 0.2) is 18.2 Å². The molecule has 1 amide bonds. The van der Waals surface area contributed by atoms with Crippen molar-refractivity contribution in [3.63, 3.8) is 0 Å². The summed E-state index contributed by atoms with van der Waals surface area (Å²) >= 11 is 0. The van der Waals surface area contributed by atoms with E-state index in [1.165, 1.54) is 0 Å². The molecule has 4 heteroatoms. The fourth-order valence-electron chi connectivity index (χ4n) is 2.55. The van der Waals surface area contributed by atoms with Gasteiger partial charge in [-0.3, -0.25) is 4.79 Å². The quantitative estimate of drug-likeness (QED) is 0.906. The number of carbonyl (C=O) groups excluding carboxylic acids is 1. The Morgan fingerprint density at radius 3 is 2.58 bits per heavy atom. The summed E-state index contributed by atoms with van der Waals surface area (Å²) in [6.07, 6.45) is 1.25. The van der Waals surface area contributed by atoms with E-state index < -0.39 is 5.60 Å². The third-order valence-electron chi connectivity index (χ3n) is 3.81. The minimum Gasteiger partial charge on any atom is -0.475 e. The predicted molar refractivity (Wildman–Crippen MR) is 74.6 cm³/mol. The van der Waals surface area contributed by atoms with Crippen LogP contribution in [0.1, 0.15) is 32.3 Å². The van der Waals surface area contributed by atoms with Crippen molar-refractivity contribution in [3.05, 3.63) is 23.8 Å². The molecule has 0 aliphatic carbocycles. The molecular formula is C15H21NO3. The summed E-state index contributed by atoms with van der Waals surface area (Å²) in [7, 11) is 0. The van der Waals surface area contributed by atoms with Crippen LogP contribution >= 0.6 is 0 Å². The van der Waals surface area contributed by atoms with Crippen molar-refractivity contribution >= 4 is 11.6 Å². The Bertz CT molecular complexity index is 480. The second-order valence-corrected chi connectivity index (χ2v) is 4.96. The number of hydrogen-bond donors (Lipinski definition) is 1. The van der Waals surface area contributed by atoms with Crippen LogP contribution in [0.2, 0.25) is 0 Å². The number of aliphatic hydroxyl groups excluding tert-OH is 1. The Morgan fingerprint density at radius 1 is 1.32 bits per heavy atom.